The molecule has 1 aromatic rings. The summed E-state index contributed by atoms with van der Waals surface area (Å²) in [4.78, 5) is 52.7. The molecule has 0 heterocycles. The number of carboxylic acid groups (broad SMARTS) is 1. The number of aliphatic carboxylic acids is 1. The summed E-state index contributed by atoms with van der Waals surface area (Å²) >= 11 is 6.25. The molecule has 0 saturated heterocycles. The van der Waals surface area contributed by atoms with Crippen molar-refractivity contribution in [1.29, 1.82) is 0 Å². The number of carbonyl (C=O) groups is 4. The molecule has 0 spiro atoms. The van der Waals surface area contributed by atoms with E-state index in [1.165, 1.54) is 5.57 Å². The summed E-state index contributed by atoms with van der Waals surface area (Å²) in [5.74, 6) is 1.31. The van der Waals surface area contributed by atoms with Gasteiger partial charge in [0.2, 0.25) is 5.91 Å². The number of benzene rings is 1. The molecule has 298 valence electrons. The number of fused-ring (bicyclic) bond motifs is 7. The first kappa shape index (κ1) is 41.2. The molecule has 0 bridgehead atoms. The molecule has 4 saturated carbocycles. The summed E-state index contributed by atoms with van der Waals surface area (Å²) in [7, 11) is 0. The molecule has 2 N–H and O–H groups in total. The zero-order valence-corrected chi connectivity index (χ0v) is 35.7. The molecule has 9 atom stereocenters. The predicted octanol–water partition coefficient (Wildman–Crippen LogP) is 11.4. The molecular weight excluding hydrogens is 694 g/mol. The van der Waals surface area contributed by atoms with Crippen molar-refractivity contribution in [3.05, 3.63) is 46.0 Å². The second kappa shape index (κ2) is 14.2. The summed E-state index contributed by atoms with van der Waals surface area (Å²) in [6, 6.07) is 7.51. The van der Waals surface area contributed by atoms with Crippen LogP contribution in [0.25, 0.3) is 0 Å². The van der Waals surface area contributed by atoms with Crippen molar-refractivity contribution in [2.75, 3.05) is 0 Å². The first-order valence-electron chi connectivity index (χ1n) is 21.1. The molecular formula is C47H68ClNO5. The normalized spacial score (nSPS) is 36.5. The van der Waals surface area contributed by atoms with Crippen LogP contribution >= 0.6 is 11.6 Å². The van der Waals surface area contributed by atoms with Crippen molar-refractivity contribution < 1.29 is 24.3 Å². The van der Waals surface area contributed by atoms with Gasteiger partial charge >= 0.3 is 5.97 Å². The molecule has 6 nitrogen and oxygen atoms in total. The van der Waals surface area contributed by atoms with Crippen molar-refractivity contribution in [2.24, 2.45) is 62.1 Å². The van der Waals surface area contributed by atoms with Gasteiger partial charge in [0, 0.05) is 30.7 Å². The molecule has 4 fully saturated rings. The Kier molecular flexibility index (Phi) is 10.8. The number of hydrogen-bond acceptors (Lipinski definition) is 4. The number of ketones is 2. The Morgan fingerprint density at radius 2 is 1.63 bits per heavy atom. The molecule has 54 heavy (non-hydrogen) atoms. The molecule has 0 radical (unpaired) electrons. The topological polar surface area (TPSA) is 101 Å². The van der Waals surface area contributed by atoms with E-state index in [1.54, 1.807) is 13.8 Å². The number of allylic oxidation sites excluding steroid dienone is 2. The number of rotatable bonds is 11. The van der Waals surface area contributed by atoms with Crippen molar-refractivity contribution in [3.8, 4) is 0 Å². The summed E-state index contributed by atoms with van der Waals surface area (Å²) in [6.45, 7) is 22.2. The predicted molar refractivity (Wildman–Crippen MR) is 216 cm³/mol. The number of Topliss-reactive ketones (excluding diaryl/α,β-unsaturated/α-hetero) is 2. The van der Waals surface area contributed by atoms with Crippen LogP contribution in [0, 0.1) is 62.1 Å². The zero-order valence-electron chi connectivity index (χ0n) is 34.9. The molecule has 1 amide bonds. The van der Waals surface area contributed by atoms with Gasteiger partial charge < -0.3 is 10.4 Å². The number of hydrogen-bond donors (Lipinski definition) is 2. The lowest BCUT2D eigenvalue weighted by Crippen LogP contribution is -2.65. The summed E-state index contributed by atoms with van der Waals surface area (Å²) in [6.07, 6.45) is 10.9. The van der Waals surface area contributed by atoms with Crippen LogP contribution in [-0.4, -0.2) is 28.5 Å². The van der Waals surface area contributed by atoms with E-state index in [0.717, 1.165) is 62.5 Å². The maximum atomic E-state index is 14.1. The van der Waals surface area contributed by atoms with E-state index in [2.05, 4.69) is 53.8 Å². The smallest absolute Gasteiger partial charge is 0.309 e. The highest BCUT2D eigenvalue weighted by molar-refractivity contribution is 6.30. The molecule has 3 unspecified atom stereocenters. The molecule has 0 aromatic heterocycles. The van der Waals surface area contributed by atoms with Gasteiger partial charge in [-0.05, 0) is 158 Å². The van der Waals surface area contributed by atoms with Gasteiger partial charge in [0.15, 0.2) is 5.78 Å². The van der Waals surface area contributed by atoms with E-state index in [0.29, 0.717) is 54.2 Å². The standard InChI is InChI=1S/C47H68ClNO5/c1-28(2)39-35(51)27-47(21-18-38(52)49-29(3)30-12-11-13-32(48)24-30)23-22-45(9)34(40(39)47)14-15-37-44(8)19-16-31(25-33(50)26-42(4,5)41(53)54)43(6,7)36(44)17-20-46(37,45)10/h11-13,24,28-29,31,34,36-37H,14-23,25-27H2,1-10H3,(H,49,52)(H,53,54)/t29-,31-,34+,36?,37?,44?,45-,46-,47+/m1/s1. The van der Waals surface area contributed by atoms with Gasteiger partial charge in [-0.25, -0.2) is 0 Å². The minimum atomic E-state index is -1.04. The van der Waals surface area contributed by atoms with E-state index in [1.807, 2.05) is 31.2 Å². The van der Waals surface area contributed by atoms with Crippen molar-refractivity contribution in [1.82, 2.24) is 5.32 Å². The number of halogens is 1. The van der Waals surface area contributed by atoms with Crippen LogP contribution in [0.15, 0.2) is 35.4 Å². The summed E-state index contributed by atoms with van der Waals surface area (Å²) < 4.78 is 0. The Morgan fingerprint density at radius 3 is 2.28 bits per heavy atom. The first-order valence-corrected chi connectivity index (χ1v) is 21.5. The fourth-order valence-electron chi connectivity index (χ4n) is 13.9. The number of amides is 1. The van der Waals surface area contributed by atoms with Crippen LogP contribution in [-0.2, 0) is 19.2 Å². The van der Waals surface area contributed by atoms with Crippen LogP contribution in [0.1, 0.15) is 164 Å². The Bertz CT molecular complexity index is 1730. The van der Waals surface area contributed by atoms with E-state index in [9.17, 15) is 24.3 Å². The highest BCUT2D eigenvalue weighted by Gasteiger charge is 2.69. The fraction of sp³-hybridized carbons (Fsp3) is 0.745. The van der Waals surface area contributed by atoms with Crippen LogP contribution in [0.4, 0.5) is 0 Å². The lowest BCUT2D eigenvalue weighted by atomic mass is 9.32. The lowest BCUT2D eigenvalue weighted by Gasteiger charge is -2.72. The van der Waals surface area contributed by atoms with Gasteiger partial charge in [-0.2, -0.15) is 0 Å². The Morgan fingerprint density at radius 1 is 0.926 bits per heavy atom. The molecule has 7 heteroatoms. The zero-order chi connectivity index (χ0) is 39.8. The van der Waals surface area contributed by atoms with Crippen molar-refractivity contribution in [3.63, 3.8) is 0 Å². The number of carboxylic acids is 1. The average molecular weight is 763 g/mol. The van der Waals surface area contributed by atoms with E-state index in [4.69, 9.17) is 11.6 Å². The maximum absolute atomic E-state index is 14.1. The van der Waals surface area contributed by atoms with Gasteiger partial charge in [0.1, 0.15) is 5.78 Å². The summed E-state index contributed by atoms with van der Waals surface area (Å²) in [5.41, 5.74) is 2.48. The van der Waals surface area contributed by atoms with Gasteiger partial charge in [0.25, 0.3) is 0 Å². The first-order chi connectivity index (χ1) is 25.0. The third-order valence-corrected chi connectivity index (χ3v) is 17.3. The number of carbonyl (C=O) groups excluding carboxylic acids is 3. The van der Waals surface area contributed by atoms with Crippen molar-refractivity contribution >= 4 is 35.0 Å². The van der Waals surface area contributed by atoms with Crippen molar-refractivity contribution in [2.45, 2.75) is 159 Å². The molecule has 1 aromatic carbocycles. The largest absolute Gasteiger partial charge is 0.481 e. The third-order valence-electron chi connectivity index (χ3n) is 17.1. The minimum Gasteiger partial charge on any atom is -0.481 e. The second-order valence-electron chi connectivity index (χ2n) is 21.0. The SMILES string of the molecule is CC(C)C1=C2[C@@H]3CCC4C5(C)CC[C@H](CC(=O)CC(C)(C)C(=O)O)C(C)(C)C5CC[C@@]4(C)[C@]3(C)CC[C@@]2(CCC(=O)N[C@H](C)c2cccc(Cl)c2)CC1=O. The fourth-order valence-corrected chi connectivity index (χ4v) is 14.1. The third kappa shape index (κ3) is 6.64. The van der Waals surface area contributed by atoms with E-state index >= 15 is 0 Å². The minimum absolute atomic E-state index is 0.0209. The average Bonchev–Trinajstić information content (AvgIpc) is 3.37. The Labute approximate surface area is 330 Å². The summed E-state index contributed by atoms with van der Waals surface area (Å²) in [5, 5.41) is 13.5. The van der Waals surface area contributed by atoms with Crippen LogP contribution in [0.3, 0.4) is 0 Å². The van der Waals surface area contributed by atoms with Crippen LogP contribution in [0.5, 0.6) is 0 Å². The monoisotopic (exact) mass is 761 g/mol. The molecule has 5 aliphatic rings. The maximum Gasteiger partial charge on any atom is 0.309 e. The van der Waals surface area contributed by atoms with Crippen LogP contribution in [0.2, 0.25) is 5.02 Å². The van der Waals surface area contributed by atoms with Gasteiger partial charge in [-0.15, -0.1) is 0 Å². The number of nitrogens with one attached hydrogen (secondary N) is 1. The van der Waals surface area contributed by atoms with Gasteiger partial charge in [-0.3, -0.25) is 19.2 Å². The van der Waals surface area contributed by atoms with E-state index < -0.39 is 11.4 Å². The van der Waals surface area contributed by atoms with Gasteiger partial charge in [0.05, 0.1) is 11.5 Å². The van der Waals surface area contributed by atoms with Gasteiger partial charge in [-0.1, -0.05) is 77.8 Å². The molecule has 5 aliphatic carbocycles. The quantitative estimate of drug-likeness (QED) is 0.234. The van der Waals surface area contributed by atoms with Crippen LogP contribution < -0.4 is 5.32 Å². The van der Waals surface area contributed by atoms with E-state index in [-0.39, 0.29) is 63.1 Å². The molecule has 0 aliphatic heterocycles. The highest BCUT2D eigenvalue weighted by atomic mass is 35.5. The highest BCUT2D eigenvalue weighted by Crippen LogP contribution is 2.77. The lowest BCUT2D eigenvalue weighted by molar-refractivity contribution is -0.221. The second-order valence-corrected chi connectivity index (χ2v) is 21.4. The molecule has 6 rings (SSSR count). The Hall–Kier alpha value is -2.47. The Balaban J connectivity index is 1.24.